The summed E-state index contributed by atoms with van der Waals surface area (Å²) in [6.07, 6.45) is 1.40. The van der Waals surface area contributed by atoms with E-state index in [1.807, 2.05) is 0 Å². The van der Waals surface area contributed by atoms with Gasteiger partial charge in [0.25, 0.3) is 5.91 Å². The van der Waals surface area contributed by atoms with E-state index in [0.717, 1.165) is 0 Å². The number of hydrogen-bond acceptors (Lipinski definition) is 4. The number of rotatable bonds is 5. The van der Waals surface area contributed by atoms with E-state index in [4.69, 9.17) is 11.6 Å². The van der Waals surface area contributed by atoms with E-state index in [1.54, 1.807) is 14.1 Å². The van der Waals surface area contributed by atoms with Gasteiger partial charge in [0.05, 0.1) is 13.1 Å². The van der Waals surface area contributed by atoms with Crippen molar-refractivity contribution in [2.45, 2.75) is 0 Å². The van der Waals surface area contributed by atoms with Gasteiger partial charge in [-0.2, -0.15) is 0 Å². The van der Waals surface area contributed by atoms with Crippen LogP contribution in [0, 0.1) is 0 Å². The summed E-state index contributed by atoms with van der Waals surface area (Å²) in [4.78, 5) is 39.5. The molecule has 0 saturated carbocycles. The topological polar surface area (TPSA) is 91.4 Å². The third kappa shape index (κ3) is 5.23. The maximum absolute atomic E-state index is 11.7. The highest BCUT2D eigenvalue weighted by Gasteiger charge is 2.11. The van der Waals surface area contributed by atoms with Crippen molar-refractivity contribution in [1.29, 1.82) is 0 Å². The van der Waals surface area contributed by atoms with Crippen molar-refractivity contribution in [2.24, 2.45) is 0 Å². The van der Waals surface area contributed by atoms with Crippen LogP contribution >= 0.6 is 11.6 Å². The minimum Gasteiger partial charge on any atom is -0.347 e. The van der Waals surface area contributed by atoms with Crippen LogP contribution in [-0.2, 0) is 9.59 Å². The molecular weight excluding hydrogens is 284 g/mol. The molecule has 20 heavy (non-hydrogen) atoms. The number of nitrogens with zero attached hydrogens (tertiary/aromatic N) is 2. The van der Waals surface area contributed by atoms with Crippen LogP contribution in [-0.4, -0.2) is 54.8 Å². The van der Waals surface area contributed by atoms with E-state index >= 15 is 0 Å². The van der Waals surface area contributed by atoms with E-state index in [0.29, 0.717) is 5.02 Å². The Morgan fingerprint density at radius 2 is 1.95 bits per heavy atom. The van der Waals surface area contributed by atoms with Crippen LogP contribution in [0.1, 0.15) is 10.5 Å². The molecule has 0 bridgehead atoms. The van der Waals surface area contributed by atoms with E-state index in [9.17, 15) is 14.4 Å². The molecule has 1 aromatic rings. The second-order valence-corrected chi connectivity index (χ2v) is 4.54. The molecule has 0 unspecified atom stereocenters. The molecule has 108 valence electrons. The fraction of sp³-hybridized carbons (Fsp3) is 0.333. The number of amides is 3. The highest BCUT2D eigenvalue weighted by molar-refractivity contribution is 6.30. The minimum absolute atomic E-state index is 0.114. The van der Waals surface area contributed by atoms with Crippen LogP contribution in [0.3, 0.4) is 0 Å². The summed E-state index contributed by atoms with van der Waals surface area (Å²) in [6.45, 7) is -0.356. The average Bonchev–Trinajstić information content (AvgIpc) is 2.41. The summed E-state index contributed by atoms with van der Waals surface area (Å²) in [6, 6.07) is 2.93. The van der Waals surface area contributed by atoms with Gasteiger partial charge in [-0.3, -0.25) is 19.4 Å². The first-order chi connectivity index (χ1) is 9.40. The molecule has 1 rings (SSSR count). The van der Waals surface area contributed by atoms with Gasteiger partial charge < -0.3 is 15.5 Å². The van der Waals surface area contributed by atoms with Gasteiger partial charge in [0.2, 0.25) is 11.8 Å². The third-order valence-electron chi connectivity index (χ3n) is 2.30. The Kier molecular flexibility index (Phi) is 5.92. The molecule has 3 amide bonds. The third-order valence-corrected chi connectivity index (χ3v) is 2.53. The summed E-state index contributed by atoms with van der Waals surface area (Å²) >= 11 is 5.72. The van der Waals surface area contributed by atoms with Gasteiger partial charge in [0.1, 0.15) is 5.69 Å². The number of hydrogen-bond donors (Lipinski definition) is 2. The van der Waals surface area contributed by atoms with Crippen molar-refractivity contribution in [3.63, 3.8) is 0 Å². The maximum atomic E-state index is 11.7. The molecule has 0 radical (unpaired) electrons. The number of nitrogens with one attached hydrogen (secondary N) is 2. The quantitative estimate of drug-likeness (QED) is 0.778. The van der Waals surface area contributed by atoms with Gasteiger partial charge in [0, 0.05) is 25.3 Å². The monoisotopic (exact) mass is 298 g/mol. The van der Waals surface area contributed by atoms with Crippen molar-refractivity contribution in [3.8, 4) is 0 Å². The lowest BCUT2D eigenvalue weighted by atomic mass is 10.3. The van der Waals surface area contributed by atoms with Crippen LogP contribution in [0.25, 0.3) is 0 Å². The molecule has 0 aromatic carbocycles. The fourth-order valence-electron chi connectivity index (χ4n) is 1.17. The maximum Gasteiger partial charge on any atom is 0.270 e. The Morgan fingerprint density at radius 3 is 2.55 bits per heavy atom. The van der Waals surface area contributed by atoms with E-state index in [2.05, 4.69) is 15.6 Å². The average molecular weight is 299 g/mol. The smallest absolute Gasteiger partial charge is 0.270 e. The van der Waals surface area contributed by atoms with Crippen LogP contribution in [0.4, 0.5) is 0 Å². The second kappa shape index (κ2) is 7.44. The van der Waals surface area contributed by atoms with Crippen molar-refractivity contribution < 1.29 is 14.4 Å². The standard InChI is InChI=1S/C12H15ClN4O3/c1-17(2)11(19)7-15-10(18)6-16-12(20)9-5-8(13)3-4-14-9/h3-5H,6-7H2,1-2H3,(H,15,18)(H,16,20). The summed E-state index contributed by atoms with van der Waals surface area (Å²) in [5.41, 5.74) is 0.120. The highest BCUT2D eigenvalue weighted by atomic mass is 35.5. The zero-order valence-corrected chi connectivity index (χ0v) is 11.9. The molecule has 0 aliphatic rings. The zero-order valence-electron chi connectivity index (χ0n) is 11.1. The Labute approximate surface area is 121 Å². The summed E-state index contributed by atoms with van der Waals surface area (Å²) in [5.74, 6) is -1.21. The summed E-state index contributed by atoms with van der Waals surface area (Å²) < 4.78 is 0. The Hall–Kier alpha value is -2.15. The largest absolute Gasteiger partial charge is 0.347 e. The number of pyridine rings is 1. The van der Waals surface area contributed by atoms with Crippen molar-refractivity contribution in [2.75, 3.05) is 27.2 Å². The Morgan fingerprint density at radius 1 is 1.25 bits per heavy atom. The predicted octanol–water partition coefficient (Wildman–Crippen LogP) is -0.331. The van der Waals surface area contributed by atoms with E-state index in [1.165, 1.54) is 23.2 Å². The lowest BCUT2D eigenvalue weighted by molar-refractivity contribution is -0.130. The molecule has 0 fully saturated rings. The highest BCUT2D eigenvalue weighted by Crippen LogP contribution is 2.07. The van der Waals surface area contributed by atoms with Crippen molar-refractivity contribution >= 4 is 29.3 Å². The van der Waals surface area contributed by atoms with Gasteiger partial charge >= 0.3 is 0 Å². The van der Waals surface area contributed by atoms with Crippen LogP contribution in [0.2, 0.25) is 5.02 Å². The molecule has 0 atom stereocenters. The molecule has 0 aliphatic heterocycles. The number of likely N-dealkylation sites (N-methyl/N-ethyl adjacent to an activating group) is 1. The van der Waals surface area contributed by atoms with Gasteiger partial charge in [-0.05, 0) is 12.1 Å². The summed E-state index contributed by atoms with van der Waals surface area (Å²) in [5, 5.41) is 5.15. The fourth-order valence-corrected chi connectivity index (χ4v) is 1.33. The Balaban J connectivity index is 2.38. The molecule has 0 saturated heterocycles. The van der Waals surface area contributed by atoms with Crippen LogP contribution in [0.15, 0.2) is 18.3 Å². The number of aromatic nitrogens is 1. The first-order valence-electron chi connectivity index (χ1n) is 5.76. The zero-order chi connectivity index (χ0) is 15.1. The van der Waals surface area contributed by atoms with Crippen LogP contribution in [0.5, 0.6) is 0 Å². The second-order valence-electron chi connectivity index (χ2n) is 4.11. The van der Waals surface area contributed by atoms with E-state index < -0.39 is 11.8 Å². The Bertz CT molecular complexity index is 519. The molecule has 1 aromatic heterocycles. The van der Waals surface area contributed by atoms with Crippen LogP contribution < -0.4 is 10.6 Å². The van der Waals surface area contributed by atoms with Crippen molar-refractivity contribution in [3.05, 3.63) is 29.0 Å². The molecule has 7 nitrogen and oxygen atoms in total. The van der Waals surface area contributed by atoms with Gasteiger partial charge in [-0.25, -0.2) is 0 Å². The SMILES string of the molecule is CN(C)C(=O)CNC(=O)CNC(=O)c1cc(Cl)ccn1. The molecular formula is C12H15ClN4O3. The normalized spacial score (nSPS) is 9.75. The molecule has 8 heteroatoms. The van der Waals surface area contributed by atoms with E-state index in [-0.39, 0.29) is 24.7 Å². The molecule has 0 spiro atoms. The van der Waals surface area contributed by atoms with Gasteiger partial charge in [-0.1, -0.05) is 11.6 Å². The minimum atomic E-state index is -0.512. The summed E-state index contributed by atoms with van der Waals surface area (Å²) in [7, 11) is 3.17. The molecule has 2 N–H and O–H groups in total. The molecule has 0 aliphatic carbocycles. The lowest BCUT2D eigenvalue weighted by Crippen LogP contribution is -2.41. The number of halogens is 1. The van der Waals surface area contributed by atoms with Crippen molar-refractivity contribution in [1.82, 2.24) is 20.5 Å². The molecule has 1 heterocycles. The first kappa shape index (κ1) is 15.9. The number of carbonyl (C=O) groups is 3. The number of carbonyl (C=O) groups excluding carboxylic acids is 3. The predicted molar refractivity (Wildman–Crippen MR) is 73.3 cm³/mol. The lowest BCUT2D eigenvalue weighted by Gasteiger charge is -2.11. The van der Waals surface area contributed by atoms with Gasteiger partial charge in [0.15, 0.2) is 0 Å². The first-order valence-corrected chi connectivity index (χ1v) is 6.14. The van der Waals surface area contributed by atoms with Gasteiger partial charge in [-0.15, -0.1) is 0 Å².